The van der Waals surface area contributed by atoms with Crippen molar-refractivity contribution in [3.8, 4) is 11.5 Å². The molecule has 0 unspecified atom stereocenters. The van der Waals surface area contributed by atoms with Gasteiger partial charge in [-0.2, -0.15) is 0 Å². The maximum absolute atomic E-state index is 12.1. The van der Waals surface area contributed by atoms with Crippen molar-refractivity contribution in [1.82, 2.24) is 0 Å². The van der Waals surface area contributed by atoms with Crippen LogP contribution in [0.5, 0.6) is 11.5 Å². The molecule has 5 heteroatoms. The zero-order valence-electron chi connectivity index (χ0n) is 13.3. The van der Waals surface area contributed by atoms with Gasteiger partial charge in [0.15, 0.2) is 0 Å². The zero-order chi connectivity index (χ0) is 17.4. The van der Waals surface area contributed by atoms with E-state index in [0.717, 1.165) is 12.5 Å². The third-order valence-electron chi connectivity index (χ3n) is 3.07. The standard InChI is InChI=1S/C19H18O5/c1-2-13-23-16-10-6-15(7-11-16)19(22)24-17-8-3-14(4-9-17)5-12-18(20)21/h3-12H,2,13H2,1H3,(H,20,21)/b12-5+. The van der Waals surface area contributed by atoms with Gasteiger partial charge in [0.2, 0.25) is 0 Å². The van der Waals surface area contributed by atoms with Crippen LogP contribution in [0.4, 0.5) is 0 Å². The molecule has 0 fully saturated rings. The molecule has 0 aliphatic heterocycles. The third kappa shape index (κ3) is 5.28. The predicted octanol–water partition coefficient (Wildman–Crippen LogP) is 3.79. The first-order chi connectivity index (χ1) is 11.6. The van der Waals surface area contributed by atoms with Crippen LogP contribution < -0.4 is 9.47 Å². The van der Waals surface area contributed by atoms with Gasteiger partial charge < -0.3 is 14.6 Å². The van der Waals surface area contributed by atoms with Crippen molar-refractivity contribution in [2.45, 2.75) is 13.3 Å². The Kier molecular flexibility index (Phi) is 6.14. The van der Waals surface area contributed by atoms with E-state index in [1.54, 1.807) is 48.5 Å². The monoisotopic (exact) mass is 326 g/mol. The summed E-state index contributed by atoms with van der Waals surface area (Å²) in [5.74, 6) is -0.385. The summed E-state index contributed by atoms with van der Waals surface area (Å²) in [6, 6.07) is 13.3. The van der Waals surface area contributed by atoms with Crippen LogP contribution >= 0.6 is 0 Å². The van der Waals surface area contributed by atoms with Crippen LogP contribution in [0, 0.1) is 0 Å². The van der Waals surface area contributed by atoms with Gasteiger partial charge in [-0.05, 0) is 54.5 Å². The summed E-state index contributed by atoms with van der Waals surface area (Å²) < 4.78 is 10.7. The van der Waals surface area contributed by atoms with Gasteiger partial charge in [0, 0.05) is 6.08 Å². The van der Waals surface area contributed by atoms with E-state index in [1.807, 2.05) is 6.92 Å². The van der Waals surface area contributed by atoms with Crippen LogP contribution in [0.15, 0.2) is 54.6 Å². The van der Waals surface area contributed by atoms with Gasteiger partial charge in [-0.15, -0.1) is 0 Å². The van der Waals surface area contributed by atoms with Crippen LogP contribution in [0.1, 0.15) is 29.3 Å². The van der Waals surface area contributed by atoms with Gasteiger partial charge in [0.1, 0.15) is 11.5 Å². The number of benzene rings is 2. The van der Waals surface area contributed by atoms with E-state index in [0.29, 0.717) is 29.2 Å². The second-order valence-corrected chi connectivity index (χ2v) is 5.00. The lowest BCUT2D eigenvalue weighted by molar-refractivity contribution is -0.131. The van der Waals surface area contributed by atoms with Gasteiger partial charge in [-0.1, -0.05) is 19.1 Å². The molecule has 2 aromatic carbocycles. The Morgan fingerprint density at radius 1 is 1.00 bits per heavy atom. The summed E-state index contributed by atoms with van der Waals surface area (Å²) in [7, 11) is 0. The molecular weight excluding hydrogens is 308 g/mol. The van der Waals surface area contributed by atoms with Crippen molar-refractivity contribution in [2.75, 3.05) is 6.61 Å². The van der Waals surface area contributed by atoms with Gasteiger partial charge in [-0.25, -0.2) is 9.59 Å². The van der Waals surface area contributed by atoms with Crippen molar-refractivity contribution in [3.05, 3.63) is 65.7 Å². The van der Waals surface area contributed by atoms with Crippen molar-refractivity contribution < 1.29 is 24.2 Å². The average molecular weight is 326 g/mol. The number of aliphatic carboxylic acids is 1. The number of ether oxygens (including phenoxy) is 2. The van der Waals surface area contributed by atoms with E-state index in [4.69, 9.17) is 14.6 Å². The SMILES string of the molecule is CCCOc1ccc(C(=O)Oc2ccc(/C=C/C(=O)O)cc2)cc1. The maximum Gasteiger partial charge on any atom is 0.343 e. The Bertz CT molecular complexity index is 714. The van der Waals surface area contributed by atoms with Gasteiger partial charge in [0.05, 0.1) is 12.2 Å². The molecule has 0 amide bonds. The molecule has 1 N–H and O–H groups in total. The van der Waals surface area contributed by atoms with Crippen molar-refractivity contribution in [2.24, 2.45) is 0 Å². The highest BCUT2D eigenvalue weighted by atomic mass is 16.5. The summed E-state index contributed by atoms with van der Waals surface area (Å²) in [5.41, 5.74) is 1.13. The number of carboxylic acid groups (broad SMARTS) is 1. The molecule has 0 heterocycles. The number of carboxylic acids is 1. The molecule has 0 aliphatic carbocycles. The van der Waals surface area contributed by atoms with E-state index in [-0.39, 0.29) is 0 Å². The van der Waals surface area contributed by atoms with E-state index in [2.05, 4.69) is 0 Å². The van der Waals surface area contributed by atoms with Crippen molar-refractivity contribution in [3.63, 3.8) is 0 Å². The van der Waals surface area contributed by atoms with Gasteiger partial charge in [0.25, 0.3) is 0 Å². The Hall–Kier alpha value is -3.08. The highest BCUT2D eigenvalue weighted by molar-refractivity contribution is 5.91. The molecule has 0 saturated carbocycles. The minimum Gasteiger partial charge on any atom is -0.494 e. The van der Waals surface area contributed by atoms with E-state index in [1.165, 1.54) is 6.08 Å². The molecular formula is C19H18O5. The average Bonchev–Trinajstić information content (AvgIpc) is 2.59. The molecule has 2 aromatic rings. The molecule has 124 valence electrons. The summed E-state index contributed by atoms with van der Waals surface area (Å²) in [5, 5.41) is 8.58. The smallest absolute Gasteiger partial charge is 0.343 e. The quantitative estimate of drug-likeness (QED) is 0.476. The van der Waals surface area contributed by atoms with Gasteiger partial charge >= 0.3 is 11.9 Å². The lowest BCUT2D eigenvalue weighted by Gasteiger charge is -2.07. The van der Waals surface area contributed by atoms with Crippen molar-refractivity contribution in [1.29, 1.82) is 0 Å². The minimum absolute atomic E-state index is 0.388. The van der Waals surface area contributed by atoms with Crippen molar-refractivity contribution >= 4 is 18.0 Å². The van der Waals surface area contributed by atoms with Crippen LogP contribution in [-0.2, 0) is 4.79 Å². The predicted molar refractivity (Wildman–Crippen MR) is 90.3 cm³/mol. The Balaban J connectivity index is 1.97. The molecule has 0 aromatic heterocycles. The Labute approximate surface area is 140 Å². The lowest BCUT2D eigenvalue weighted by atomic mass is 10.2. The Morgan fingerprint density at radius 2 is 1.62 bits per heavy atom. The molecule has 0 spiro atoms. The second kappa shape index (κ2) is 8.53. The number of hydrogen-bond donors (Lipinski definition) is 1. The van der Waals surface area contributed by atoms with E-state index < -0.39 is 11.9 Å². The fraction of sp³-hybridized carbons (Fsp3) is 0.158. The summed E-state index contributed by atoms with van der Waals surface area (Å²) in [6.07, 6.45) is 3.42. The fourth-order valence-electron chi connectivity index (χ4n) is 1.89. The first-order valence-corrected chi connectivity index (χ1v) is 7.54. The van der Waals surface area contributed by atoms with Crippen LogP contribution in [-0.4, -0.2) is 23.7 Å². The second-order valence-electron chi connectivity index (χ2n) is 5.00. The molecule has 0 radical (unpaired) electrons. The summed E-state index contributed by atoms with van der Waals surface area (Å²) >= 11 is 0. The van der Waals surface area contributed by atoms with Crippen LogP contribution in [0.3, 0.4) is 0 Å². The molecule has 0 atom stereocenters. The molecule has 0 aliphatic rings. The normalized spacial score (nSPS) is 10.5. The molecule has 0 saturated heterocycles. The van der Waals surface area contributed by atoms with Crippen LogP contribution in [0.2, 0.25) is 0 Å². The van der Waals surface area contributed by atoms with E-state index >= 15 is 0 Å². The number of esters is 1. The fourth-order valence-corrected chi connectivity index (χ4v) is 1.89. The summed E-state index contributed by atoms with van der Waals surface area (Å²) in [4.78, 5) is 22.5. The first-order valence-electron chi connectivity index (χ1n) is 7.54. The van der Waals surface area contributed by atoms with Crippen LogP contribution in [0.25, 0.3) is 6.08 Å². The molecule has 5 nitrogen and oxygen atoms in total. The molecule has 24 heavy (non-hydrogen) atoms. The number of carbonyl (C=O) groups excluding carboxylic acids is 1. The van der Waals surface area contributed by atoms with E-state index in [9.17, 15) is 9.59 Å². The Morgan fingerprint density at radius 3 is 2.21 bits per heavy atom. The summed E-state index contributed by atoms with van der Waals surface area (Å²) in [6.45, 7) is 2.65. The zero-order valence-corrected chi connectivity index (χ0v) is 13.3. The first kappa shape index (κ1) is 17.3. The molecule has 0 bridgehead atoms. The number of hydrogen-bond acceptors (Lipinski definition) is 4. The van der Waals surface area contributed by atoms with Gasteiger partial charge in [-0.3, -0.25) is 0 Å². The minimum atomic E-state index is -1.02. The highest BCUT2D eigenvalue weighted by Gasteiger charge is 2.08. The number of carbonyl (C=O) groups is 2. The third-order valence-corrected chi connectivity index (χ3v) is 3.07. The lowest BCUT2D eigenvalue weighted by Crippen LogP contribution is -2.08. The highest BCUT2D eigenvalue weighted by Crippen LogP contribution is 2.17. The topological polar surface area (TPSA) is 72.8 Å². The molecule has 2 rings (SSSR count). The maximum atomic E-state index is 12.1. The largest absolute Gasteiger partial charge is 0.494 e. The number of rotatable bonds is 7.